The Balaban J connectivity index is 2.04. The monoisotopic (exact) mass is 329 g/mol. The lowest BCUT2D eigenvalue weighted by Gasteiger charge is -2.22. The van der Waals surface area contributed by atoms with Crippen LogP contribution in [0.2, 0.25) is 0 Å². The largest absolute Gasteiger partial charge is 0.481 e. The minimum Gasteiger partial charge on any atom is -0.481 e. The van der Waals surface area contributed by atoms with E-state index in [2.05, 4.69) is 54.6 Å². The highest BCUT2D eigenvalue weighted by molar-refractivity contribution is 7.80. The molecule has 0 bridgehead atoms. The lowest BCUT2D eigenvalue weighted by atomic mass is 9.98. The third-order valence-electron chi connectivity index (χ3n) is 3.72. The molecule has 0 fully saturated rings. The number of nitrogens with one attached hydrogen (secondary N) is 2. The number of anilines is 1. The number of hydrogen-bond acceptors (Lipinski definition) is 3. The van der Waals surface area contributed by atoms with Crippen LogP contribution in [0.1, 0.15) is 36.1 Å². The Hall–Kier alpha value is -2.14. The first-order chi connectivity index (χ1) is 11.0. The maximum atomic E-state index is 5.43. The lowest BCUT2D eigenvalue weighted by Crippen LogP contribution is -2.32. The van der Waals surface area contributed by atoms with Gasteiger partial charge in [-0.25, -0.2) is 4.98 Å². The molecule has 1 heterocycles. The first-order valence-corrected chi connectivity index (χ1v) is 8.09. The van der Waals surface area contributed by atoms with Crippen LogP contribution in [0.25, 0.3) is 0 Å². The molecule has 2 aromatic rings. The SMILES string of the molecule is CC[C@@H](NC(=S)Nc1ccc(OC)nc1)c1ccc(C)cc1C. The minimum absolute atomic E-state index is 0.182. The number of thiocarbonyl (C=S) groups is 1. The summed E-state index contributed by atoms with van der Waals surface area (Å²) in [6.45, 7) is 6.39. The van der Waals surface area contributed by atoms with Gasteiger partial charge < -0.3 is 15.4 Å². The van der Waals surface area contributed by atoms with Crippen LogP contribution in [0, 0.1) is 13.8 Å². The Morgan fingerprint density at radius 1 is 1.26 bits per heavy atom. The minimum atomic E-state index is 0.182. The molecule has 0 amide bonds. The molecular weight excluding hydrogens is 306 g/mol. The van der Waals surface area contributed by atoms with Crippen molar-refractivity contribution in [3.05, 3.63) is 53.2 Å². The van der Waals surface area contributed by atoms with Gasteiger partial charge in [0.1, 0.15) is 0 Å². The molecule has 4 nitrogen and oxygen atoms in total. The number of nitrogens with zero attached hydrogens (tertiary/aromatic N) is 1. The van der Waals surface area contributed by atoms with E-state index in [0.29, 0.717) is 11.0 Å². The fourth-order valence-corrected chi connectivity index (χ4v) is 2.78. The average molecular weight is 329 g/mol. The smallest absolute Gasteiger partial charge is 0.213 e. The zero-order valence-electron chi connectivity index (χ0n) is 14.0. The number of benzene rings is 1. The van der Waals surface area contributed by atoms with E-state index >= 15 is 0 Å². The third kappa shape index (κ3) is 4.66. The number of ether oxygens (including phenoxy) is 1. The second-order valence-corrected chi connectivity index (χ2v) is 5.92. The topological polar surface area (TPSA) is 46.2 Å². The predicted octanol–water partition coefficient (Wildman–Crippen LogP) is 4.14. The van der Waals surface area contributed by atoms with Crippen LogP contribution < -0.4 is 15.4 Å². The van der Waals surface area contributed by atoms with Crippen LogP contribution >= 0.6 is 12.2 Å². The Labute approximate surface area is 143 Å². The molecule has 0 saturated heterocycles. The maximum Gasteiger partial charge on any atom is 0.213 e. The van der Waals surface area contributed by atoms with Gasteiger partial charge in [-0.3, -0.25) is 0 Å². The van der Waals surface area contributed by atoms with Gasteiger partial charge >= 0.3 is 0 Å². The van der Waals surface area contributed by atoms with E-state index < -0.39 is 0 Å². The lowest BCUT2D eigenvalue weighted by molar-refractivity contribution is 0.398. The number of methoxy groups -OCH3 is 1. The van der Waals surface area contributed by atoms with Gasteiger partial charge in [0.05, 0.1) is 25.0 Å². The number of hydrogen-bond donors (Lipinski definition) is 2. The number of aromatic nitrogens is 1. The van der Waals surface area contributed by atoms with Gasteiger partial charge in [-0.05, 0) is 49.7 Å². The number of aryl methyl sites for hydroxylation is 2. The van der Waals surface area contributed by atoms with E-state index in [4.69, 9.17) is 17.0 Å². The molecule has 0 radical (unpaired) electrons. The summed E-state index contributed by atoms with van der Waals surface area (Å²) in [5.74, 6) is 0.580. The van der Waals surface area contributed by atoms with E-state index in [9.17, 15) is 0 Å². The van der Waals surface area contributed by atoms with Gasteiger partial charge in [0.15, 0.2) is 5.11 Å². The molecule has 5 heteroatoms. The molecule has 1 aromatic carbocycles. The van der Waals surface area contributed by atoms with Crippen molar-refractivity contribution < 1.29 is 4.74 Å². The van der Waals surface area contributed by atoms with Gasteiger partial charge in [0.2, 0.25) is 5.88 Å². The molecule has 0 unspecified atom stereocenters. The van der Waals surface area contributed by atoms with E-state index in [1.54, 1.807) is 19.4 Å². The molecular formula is C18H23N3OS. The first kappa shape index (κ1) is 17.2. The third-order valence-corrected chi connectivity index (χ3v) is 3.94. The summed E-state index contributed by atoms with van der Waals surface area (Å²) < 4.78 is 5.05. The van der Waals surface area contributed by atoms with E-state index in [-0.39, 0.29) is 6.04 Å². The molecule has 23 heavy (non-hydrogen) atoms. The van der Waals surface area contributed by atoms with Crippen LogP contribution in [0.5, 0.6) is 5.88 Å². The summed E-state index contributed by atoms with van der Waals surface area (Å²) in [5, 5.41) is 7.13. The molecule has 2 N–H and O–H groups in total. The van der Waals surface area contributed by atoms with Crippen LogP contribution in [-0.4, -0.2) is 17.2 Å². The van der Waals surface area contributed by atoms with Crippen molar-refractivity contribution in [1.82, 2.24) is 10.3 Å². The molecule has 0 saturated carbocycles. The fraction of sp³-hybridized carbons (Fsp3) is 0.333. The summed E-state index contributed by atoms with van der Waals surface area (Å²) in [4.78, 5) is 4.16. The van der Waals surface area contributed by atoms with Crippen molar-refractivity contribution in [2.24, 2.45) is 0 Å². The van der Waals surface area contributed by atoms with Crippen LogP contribution in [-0.2, 0) is 0 Å². The number of rotatable bonds is 5. The summed E-state index contributed by atoms with van der Waals surface area (Å²) in [6.07, 6.45) is 2.65. The number of pyridine rings is 1. The van der Waals surface area contributed by atoms with Crippen molar-refractivity contribution >= 4 is 23.0 Å². The van der Waals surface area contributed by atoms with Crippen molar-refractivity contribution in [2.75, 3.05) is 12.4 Å². The molecule has 1 atom stereocenters. The highest BCUT2D eigenvalue weighted by atomic mass is 32.1. The summed E-state index contributed by atoms with van der Waals surface area (Å²) in [6, 6.07) is 10.4. The van der Waals surface area contributed by atoms with Gasteiger partial charge in [-0.2, -0.15) is 0 Å². The molecule has 1 aromatic heterocycles. The first-order valence-electron chi connectivity index (χ1n) is 7.68. The summed E-state index contributed by atoms with van der Waals surface area (Å²) in [7, 11) is 1.59. The van der Waals surface area contributed by atoms with E-state index in [1.165, 1.54) is 16.7 Å². The highest BCUT2D eigenvalue weighted by Crippen LogP contribution is 2.22. The Bertz CT molecular complexity index is 670. The normalized spacial score (nSPS) is 11.7. The standard InChI is InChI=1S/C18H23N3OS/c1-5-16(15-8-6-12(2)10-13(15)3)21-18(23)20-14-7-9-17(22-4)19-11-14/h6-11,16H,5H2,1-4H3,(H2,20,21,23)/t16-/m1/s1. The molecule has 122 valence electrons. The van der Waals surface area contributed by atoms with Crippen LogP contribution in [0.15, 0.2) is 36.5 Å². The predicted molar refractivity (Wildman–Crippen MR) is 99.1 cm³/mol. The molecule has 0 aliphatic rings. The van der Waals surface area contributed by atoms with Gasteiger partial charge in [0, 0.05) is 6.07 Å². The zero-order valence-corrected chi connectivity index (χ0v) is 14.8. The second-order valence-electron chi connectivity index (χ2n) is 5.51. The van der Waals surface area contributed by atoms with Crippen LogP contribution in [0.4, 0.5) is 5.69 Å². The van der Waals surface area contributed by atoms with E-state index in [1.807, 2.05) is 6.07 Å². The van der Waals surface area contributed by atoms with Gasteiger partial charge in [-0.1, -0.05) is 30.7 Å². The van der Waals surface area contributed by atoms with Gasteiger partial charge in [0.25, 0.3) is 0 Å². The van der Waals surface area contributed by atoms with Crippen molar-refractivity contribution in [2.45, 2.75) is 33.2 Å². The highest BCUT2D eigenvalue weighted by Gasteiger charge is 2.13. The second kappa shape index (κ2) is 7.92. The zero-order chi connectivity index (χ0) is 16.8. The molecule has 0 aliphatic carbocycles. The maximum absolute atomic E-state index is 5.43. The fourth-order valence-electron chi connectivity index (χ4n) is 2.52. The van der Waals surface area contributed by atoms with Crippen LogP contribution in [0.3, 0.4) is 0 Å². The Morgan fingerprint density at radius 2 is 2.04 bits per heavy atom. The van der Waals surface area contributed by atoms with Crippen molar-refractivity contribution in [1.29, 1.82) is 0 Å². The molecule has 0 aliphatic heterocycles. The van der Waals surface area contributed by atoms with Crippen molar-refractivity contribution in [3.8, 4) is 5.88 Å². The van der Waals surface area contributed by atoms with E-state index in [0.717, 1.165) is 12.1 Å². The quantitative estimate of drug-likeness (QED) is 0.807. The molecule has 2 rings (SSSR count). The van der Waals surface area contributed by atoms with Crippen molar-refractivity contribution in [3.63, 3.8) is 0 Å². The Morgan fingerprint density at radius 3 is 2.61 bits per heavy atom. The summed E-state index contributed by atoms with van der Waals surface area (Å²) in [5.41, 5.74) is 4.65. The summed E-state index contributed by atoms with van der Waals surface area (Å²) >= 11 is 5.43. The Kier molecular flexibility index (Phi) is 5.93. The molecule has 0 spiro atoms. The van der Waals surface area contributed by atoms with Gasteiger partial charge in [-0.15, -0.1) is 0 Å². The average Bonchev–Trinajstić information content (AvgIpc) is 2.54.